The Bertz CT molecular complexity index is 562. The van der Waals surface area contributed by atoms with Crippen molar-refractivity contribution in [2.75, 3.05) is 6.54 Å². The van der Waals surface area contributed by atoms with Gasteiger partial charge < -0.3 is 16.0 Å². The van der Waals surface area contributed by atoms with Crippen LogP contribution in [-0.2, 0) is 11.2 Å². The first kappa shape index (κ1) is 12.9. The molecule has 18 heavy (non-hydrogen) atoms. The zero-order valence-electron chi connectivity index (χ0n) is 10.2. The lowest BCUT2D eigenvalue weighted by atomic mass is 10.1. The largest absolute Gasteiger partial charge is 0.361 e. The Morgan fingerprint density at radius 3 is 3.06 bits per heavy atom. The smallest absolute Gasteiger partial charge is 0.236 e. The number of aromatic nitrogens is 1. The highest BCUT2D eigenvalue weighted by atomic mass is 35.5. The molecule has 0 bridgehead atoms. The SMILES string of the molecule is C[C@H](N)C(=O)NCCc1c[nH]c2ccc(Cl)cc12. The second-order valence-electron chi connectivity index (χ2n) is 4.33. The zero-order valence-corrected chi connectivity index (χ0v) is 10.9. The van der Waals surface area contributed by atoms with Gasteiger partial charge in [-0.3, -0.25) is 4.79 Å². The number of fused-ring (bicyclic) bond motifs is 1. The van der Waals surface area contributed by atoms with E-state index in [2.05, 4.69) is 10.3 Å². The number of halogens is 1. The van der Waals surface area contributed by atoms with Crippen LogP contribution in [0.3, 0.4) is 0 Å². The molecule has 0 unspecified atom stereocenters. The van der Waals surface area contributed by atoms with E-state index in [1.165, 1.54) is 0 Å². The lowest BCUT2D eigenvalue weighted by Crippen LogP contribution is -2.39. The van der Waals surface area contributed by atoms with E-state index in [1.807, 2.05) is 24.4 Å². The minimum absolute atomic E-state index is 0.132. The molecule has 1 amide bonds. The van der Waals surface area contributed by atoms with Crippen LogP contribution in [0.15, 0.2) is 24.4 Å². The molecule has 4 nitrogen and oxygen atoms in total. The normalized spacial score (nSPS) is 12.6. The number of benzene rings is 1. The number of H-pyrrole nitrogens is 1. The number of hydrogen-bond donors (Lipinski definition) is 3. The third-order valence-corrected chi connectivity index (χ3v) is 3.07. The summed E-state index contributed by atoms with van der Waals surface area (Å²) in [5, 5.41) is 4.59. The number of hydrogen-bond acceptors (Lipinski definition) is 2. The standard InChI is InChI=1S/C13H16ClN3O/c1-8(15)13(18)16-5-4-9-7-17-12-3-2-10(14)6-11(9)12/h2-3,6-8,17H,4-5,15H2,1H3,(H,16,18)/t8-/m0/s1. The number of amides is 1. The van der Waals surface area contributed by atoms with Crippen molar-refractivity contribution in [2.45, 2.75) is 19.4 Å². The third kappa shape index (κ3) is 2.83. The second kappa shape index (κ2) is 5.42. The van der Waals surface area contributed by atoms with Crippen LogP contribution in [0.25, 0.3) is 10.9 Å². The molecule has 1 atom stereocenters. The highest BCUT2D eigenvalue weighted by molar-refractivity contribution is 6.31. The van der Waals surface area contributed by atoms with Crippen molar-refractivity contribution in [3.05, 3.63) is 35.0 Å². The summed E-state index contributed by atoms with van der Waals surface area (Å²) < 4.78 is 0. The fourth-order valence-electron chi connectivity index (χ4n) is 1.84. The summed E-state index contributed by atoms with van der Waals surface area (Å²) in [5.74, 6) is -0.132. The monoisotopic (exact) mass is 265 g/mol. The van der Waals surface area contributed by atoms with Gasteiger partial charge in [0.05, 0.1) is 6.04 Å². The van der Waals surface area contributed by atoms with Crippen LogP contribution in [0.1, 0.15) is 12.5 Å². The van der Waals surface area contributed by atoms with Gasteiger partial charge in [-0.1, -0.05) is 11.6 Å². The summed E-state index contributed by atoms with van der Waals surface area (Å²) >= 11 is 5.97. The van der Waals surface area contributed by atoms with Crippen LogP contribution in [0.2, 0.25) is 5.02 Å². The topological polar surface area (TPSA) is 70.9 Å². The number of carbonyl (C=O) groups is 1. The number of carbonyl (C=O) groups excluding carboxylic acids is 1. The Hall–Kier alpha value is -1.52. The molecule has 0 radical (unpaired) electrons. The summed E-state index contributed by atoms with van der Waals surface area (Å²) in [5.41, 5.74) is 7.66. The van der Waals surface area contributed by atoms with Gasteiger partial charge in [-0.05, 0) is 37.1 Å². The molecule has 0 aliphatic carbocycles. The molecule has 2 aromatic rings. The number of nitrogens with two attached hydrogens (primary N) is 1. The van der Waals surface area contributed by atoms with Crippen molar-refractivity contribution in [1.82, 2.24) is 10.3 Å². The van der Waals surface area contributed by atoms with Gasteiger partial charge in [0.2, 0.25) is 5.91 Å². The van der Waals surface area contributed by atoms with Crippen molar-refractivity contribution < 1.29 is 4.79 Å². The van der Waals surface area contributed by atoms with E-state index in [0.29, 0.717) is 11.6 Å². The predicted molar refractivity (Wildman–Crippen MR) is 73.7 cm³/mol. The fraction of sp³-hybridized carbons (Fsp3) is 0.308. The summed E-state index contributed by atoms with van der Waals surface area (Å²) in [7, 11) is 0. The maximum absolute atomic E-state index is 11.3. The minimum atomic E-state index is -0.470. The van der Waals surface area contributed by atoms with Crippen LogP contribution in [-0.4, -0.2) is 23.5 Å². The molecule has 0 saturated carbocycles. The van der Waals surface area contributed by atoms with Gasteiger partial charge in [0, 0.05) is 28.7 Å². The van der Waals surface area contributed by atoms with Gasteiger partial charge in [-0.15, -0.1) is 0 Å². The first-order chi connectivity index (χ1) is 8.58. The van der Waals surface area contributed by atoms with Gasteiger partial charge in [0.1, 0.15) is 0 Å². The van der Waals surface area contributed by atoms with E-state index in [0.717, 1.165) is 22.9 Å². The lowest BCUT2D eigenvalue weighted by Gasteiger charge is -2.07. The summed E-state index contributed by atoms with van der Waals surface area (Å²) in [6.45, 7) is 2.24. The molecular formula is C13H16ClN3O. The highest BCUT2D eigenvalue weighted by Crippen LogP contribution is 2.22. The third-order valence-electron chi connectivity index (χ3n) is 2.84. The quantitative estimate of drug-likeness (QED) is 0.789. The van der Waals surface area contributed by atoms with Crippen molar-refractivity contribution >= 4 is 28.4 Å². The molecule has 4 N–H and O–H groups in total. The molecule has 1 heterocycles. The Kier molecular flexibility index (Phi) is 3.89. The van der Waals surface area contributed by atoms with Crippen LogP contribution in [0.4, 0.5) is 0 Å². The zero-order chi connectivity index (χ0) is 13.1. The Labute approximate surface area is 111 Å². The number of rotatable bonds is 4. The Morgan fingerprint density at radius 2 is 2.33 bits per heavy atom. The van der Waals surface area contributed by atoms with Crippen molar-refractivity contribution in [2.24, 2.45) is 5.73 Å². The van der Waals surface area contributed by atoms with Crippen molar-refractivity contribution in [3.63, 3.8) is 0 Å². The van der Waals surface area contributed by atoms with E-state index < -0.39 is 6.04 Å². The summed E-state index contributed by atoms with van der Waals surface area (Å²) in [4.78, 5) is 14.5. The van der Waals surface area contributed by atoms with E-state index in [1.54, 1.807) is 6.92 Å². The lowest BCUT2D eigenvalue weighted by molar-refractivity contribution is -0.121. The van der Waals surface area contributed by atoms with Gasteiger partial charge in [0.15, 0.2) is 0 Å². The maximum Gasteiger partial charge on any atom is 0.236 e. The minimum Gasteiger partial charge on any atom is -0.361 e. The molecule has 0 fully saturated rings. The average Bonchev–Trinajstić information content (AvgIpc) is 2.71. The molecule has 0 aliphatic rings. The van der Waals surface area contributed by atoms with Crippen LogP contribution >= 0.6 is 11.6 Å². The van der Waals surface area contributed by atoms with E-state index in [4.69, 9.17) is 17.3 Å². The maximum atomic E-state index is 11.3. The van der Waals surface area contributed by atoms with Gasteiger partial charge >= 0.3 is 0 Å². The van der Waals surface area contributed by atoms with Gasteiger partial charge in [-0.2, -0.15) is 0 Å². The average molecular weight is 266 g/mol. The molecule has 0 saturated heterocycles. The molecule has 1 aromatic heterocycles. The fourth-order valence-corrected chi connectivity index (χ4v) is 2.01. The Morgan fingerprint density at radius 1 is 1.56 bits per heavy atom. The second-order valence-corrected chi connectivity index (χ2v) is 4.77. The predicted octanol–water partition coefficient (Wildman–Crippen LogP) is 1.83. The Balaban J connectivity index is 2.04. The molecular weight excluding hydrogens is 250 g/mol. The number of aromatic amines is 1. The molecule has 0 aliphatic heterocycles. The van der Waals surface area contributed by atoms with E-state index in [-0.39, 0.29) is 5.91 Å². The van der Waals surface area contributed by atoms with Crippen molar-refractivity contribution in [3.8, 4) is 0 Å². The van der Waals surface area contributed by atoms with Gasteiger partial charge in [-0.25, -0.2) is 0 Å². The molecule has 1 aromatic carbocycles. The van der Waals surface area contributed by atoms with E-state index >= 15 is 0 Å². The highest BCUT2D eigenvalue weighted by Gasteiger charge is 2.07. The number of nitrogens with one attached hydrogen (secondary N) is 2. The first-order valence-corrected chi connectivity index (χ1v) is 6.24. The summed E-state index contributed by atoms with van der Waals surface area (Å²) in [6, 6.07) is 5.25. The van der Waals surface area contributed by atoms with Crippen LogP contribution in [0.5, 0.6) is 0 Å². The first-order valence-electron chi connectivity index (χ1n) is 5.86. The van der Waals surface area contributed by atoms with Crippen LogP contribution < -0.4 is 11.1 Å². The van der Waals surface area contributed by atoms with E-state index in [9.17, 15) is 4.79 Å². The van der Waals surface area contributed by atoms with Crippen LogP contribution in [0, 0.1) is 0 Å². The molecule has 0 spiro atoms. The molecule has 5 heteroatoms. The molecule has 2 rings (SSSR count). The summed E-state index contributed by atoms with van der Waals surface area (Å²) in [6.07, 6.45) is 2.69. The van der Waals surface area contributed by atoms with Crippen molar-refractivity contribution in [1.29, 1.82) is 0 Å². The molecule has 96 valence electrons. The van der Waals surface area contributed by atoms with Gasteiger partial charge in [0.25, 0.3) is 0 Å².